The van der Waals surface area contributed by atoms with Gasteiger partial charge in [-0.3, -0.25) is 4.79 Å². The Morgan fingerprint density at radius 2 is 1.67 bits per heavy atom. The number of nitrogens with zero attached hydrogens (tertiary/aromatic N) is 1. The number of anilines is 2. The maximum absolute atomic E-state index is 14.2. The first-order chi connectivity index (χ1) is 21.4. The smallest absolute Gasteiger partial charge is 0.311 e. The van der Waals surface area contributed by atoms with Crippen molar-refractivity contribution in [2.75, 3.05) is 30.8 Å². The lowest BCUT2D eigenvalue weighted by molar-refractivity contribution is -0.134. The number of benzene rings is 4. The van der Waals surface area contributed by atoms with Gasteiger partial charge in [-0.25, -0.2) is 8.78 Å². The Hall–Kier alpha value is -5.06. The first kappa shape index (κ1) is 31.4. The van der Waals surface area contributed by atoms with Crippen molar-refractivity contribution in [1.82, 2.24) is 0 Å². The molecule has 1 aliphatic carbocycles. The maximum Gasteiger partial charge on any atom is 0.311 e. The minimum atomic E-state index is -1.76. The third-order valence-electron chi connectivity index (χ3n) is 7.72. The average molecular weight is 622 g/mol. The first-order valence-electron chi connectivity index (χ1n) is 14.2. The molecule has 5 rings (SSSR count). The van der Waals surface area contributed by atoms with Crippen molar-refractivity contribution in [3.05, 3.63) is 88.3 Å². The summed E-state index contributed by atoms with van der Waals surface area (Å²) < 4.78 is 72.8. The normalized spacial score (nSPS) is 11.3. The number of aryl methyl sites for hydroxylation is 1. The van der Waals surface area contributed by atoms with E-state index >= 15 is 0 Å². The van der Waals surface area contributed by atoms with Crippen LogP contribution in [0.25, 0.3) is 33.4 Å². The molecule has 0 bridgehead atoms. The Bertz CT molecular complexity index is 1950. The average Bonchev–Trinajstić information content (AvgIpc) is 3.02. The number of nitrogen functional groups attached to an aromatic ring is 1. The molecule has 1 heterocycles. The number of fused-ring (bicyclic) bond motifs is 2. The van der Waals surface area contributed by atoms with E-state index in [1.807, 2.05) is 43.0 Å². The summed E-state index contributed by atoms with van der Waals surface area (Å²) >= 11 is 0. The minimum absolute atomic E-state index is 0.225. The van der Waals surface area contributed by atoms with Gasteiger partial charge in [-0.1, -0.05) is 0 Å². The van der Waals surface area contributed by atoms with Crippen LogP contribution in [-0.2, 0) is 4.79 Å². The van der Waals surface area contributed by atoms with Gasteiger partial charge in [0.2, 0.25) is 17.4 Å². The fourth-order valence-corrected chi connectivity index (χ4v) is 5.42. The van der Waals surface area contributed by atoms with Gasteiger partial charge in [0.1, 0.15) is 17.1 Å². The zero-order valence-corrected chi connectivity index (χ0v) is 25.1. The van der Waals surface area contributed by atoms with Crippen molar-refractivity contribution >= 4 is 28.3 Å². The minimum Gasteiger partial charge on any atom is -0.496 e. The highest BCUT2D eigenvalue weighted by molar-refractivity contribution is 6.04. The molecule has 234 valence electrons. The topological polar surface area (TPSA) is 102 Å². The molecule has 7 nitrogen and oxygen atoms in total. The molecule has 11 heteroatoms. The number of ether oxygens (including phenoxy) is 2. The zero-order chi connectivity index (χ0) is 32.6. The Morgan fingerprint density at radius 1 is 0.956 bits per heavy atom. The van der Waals surface area contributed by atoms with Gasteiger partial charge in [-0.2, -0.15) is 8.78 Å². The molecule has 0 unspecified atom stereocenters. The molecule has 0 spiro atoms. The lowest BCUT2D eigenvalue weighted by Crippen LogP contribution is -2.26. The highest BCUT2D eigenvalue weighted by atomic mass is 19.2. The molecule has 3 N–H and O–H groups in total. The molecular formula is C34H31F4N3O4. The number of methoxy groups -OCH3 is 1. The van der Waals surface area contributed by atoms with E-state index in [1.54, 1.807) is 31.4 Å². The number of carbonyl (C=O) groups excluding carboxylic acids is 1. The van der Waals surface area contributed by atoms with Crippen LogP contribution in [0.5, 0.6) is 11.5 Å². The third kappa shape index (κ3) is 5.90. The molecule has 3 aromatic rings. The Balaban J connectivity index is 1.43. The highest BCUT2D eigenvalue weighted by Gasteiger charge is 2.27. The maximum atomic E-state index is 14.2. The summed E-state index contributed by atoms with van der Waals surface area (Å²) in [6.07, 6.45) is -0.0318. The molecule has 0 amide bonds. The molecule has 0 radical (unpaired) electrons. The van der Waals surface area contributed by atoms with Crippen LogP contribution in [0.2, 0.25) is 0 Å². The van der Waals surface area contributed by atoms with Crippen LogP contribution in [0.1, 0.15) is 30.9 Å². The molecule has 0 atom stereocenters. The fraction of sp³-hybridized carbons (Fsp3) is 0.235. The van der Waals surface area contributed by atoms with Crippen LogP contribution in [0.4, 0.5) is 28.9 Å². The van der Waals surface area contributed by atoms with E-state index < -0.39 is 40.6 Å². The number of rotatable bonds is 9. The largest absolute Gasteiger partial charge is 0.496 e. The van der Waals surface area contributed by atoms with Gasteiger partial charge in [0, 0.05) is 76.7 Å². The van der Waals surface area contributed by atoms with E-state index in [0.717, 1.165) is 40.3 Å². The van der Waals surface area contributed by atoms with Gasteiger partial charge in [-0.15, -0.1) is 0 Å². The van der Waals surface area contributed by atoms with Crippen LogP contribution in [-0.4, -0.2) is 26.2 Å². The molecular weight excluding hydrogens is 590 g/mol. The summed E-state index contributed by atoms with van der Waals surface area (Å²) in [4.78, 5) is 14.4. The molecule has 3 aromatic carbocycles. The van der Waals surface area contributed by atoms with Gasteiger partial charge in [0.05, 0.1) is 12.5 Å². The number of carbonyl (C=O) groups is 1. The van der Waals surface area contributed by atoms with Crippen molar-refractivity contribution < 1.29 is 36.2 Å². The number of nitrogens with two attached hydrogens (primary N) is 1. The number of esters is 1. The number of nitrogens with one attached hydrogen (secondary N) is 1. The summed E-state index contributed by atoms with van der Waals surface area (Å²) in [5.74, 6) is -8.06. The van der Waals surface area contributed by atoms with Gasteiger partial charge in [-0.05, 0) is 63.1 Å². The number of halogens is 4. The Labute approximate surface area is 256 Å². The van der Waals surface area contributed by atoms with E-state index in [2.05, 4.69) is 4.74 Å². The Morgan fingerprint density at radius 3 is 2.33 bits per heavy atom. The molecule has 0 saturated carbocycles. The van der Waals surface area contributed by atoms with Crippen molar-refractivity contribution in [2.24, 2.45) is 0 Å². The second-order valence-electron chi connectivity index (χ2n) is 10.6. The summed E-state index contributed by atoms with van der Waals surface area (Å²) in [5, 5.41) is 9.20. The van der Waals surface area contributed by atoms with Crippen molar-refractivity contribution in [1.29, 1.82) is 5.41 Å². The van der Waals surface area contributed by atoms with E-state index in [-0.39, 0.29) is 12.8 Å². The van der Waals surface area contributed by atoms with Gasteiger partial charge in [0.25, 0.3) is 0 Å². The zero-order valence-electron chi connectivity index (χ0n) is 25.1. The van der Waals surface area contributed by atoms with E-state index in [0.29, 0.717) is 41.2 Å². The molecule has 0 fully saturated rings. The summed E-state index contributed by atoms with van der Waals surface area (Å²) in [5.41, 5.74) is 10.5. The summed E-state index contributed by atoms with van der Waals surface area (Å²) in [6.45, 7) is 5.67. The fourth-order valence-electron chi connectivity index (χ4n) is 5.42. The van der Waals surface area contributed by atoms with Crippen molar-refractivity contribution in [2.45, 2.75) is 33.6 Å². The lowest BCUT2D eigenvalue weighted by atomic mass is 9.91. The Kier molecular flexibility index (Phi) is 8.72. The lowest BCUT2D eigenvalue weighted by Gasteiger charge is -2.27. The third-order valence-corrected chi connectivity index (χ3v) is 7.72. The summed E-state index contributed by atoms with van der Waals surface area (Å²) in [6, 6.07) is 14.5. The number of hydrogen-bond donors (Lipinski definition) is 2. The molecule has 1 aliphatic heterocycles. The predicted molar refractivity (Wildman–Crippen MR) is 164 cm³/mol. The standard InChI is InChI=1S/C34H31F4N3O4/c1-5-41(12-6-7-28(42)45-34-32(37)30(35)18(3)31(36)33(34)38)24-16-25(43-4)23(13-17(24)2)29-21-10-8-19(39)14-26(21)44-27-15-20(40)9-11-22(27)29/h8-11,13-16,39H,5-7,12,40H2,1-4H3. The van der Waals surface area contributed by atoms with Gasteiger partial charge in [0.15, 0.2) is 11.6 Å². The number of hydrogen-bond acceptors (Lipinski definition) is 7. The molecule has 45 heavy (non-hydrogen) atoms. The van der Waals surface area contributed by atoms with Crippen LogP contribution in [0.3, 0.4) is 0 Å². The van der Waals surface area contributed by atoms with Crippen molar-refractivity contribution in [3.8, 4) is 33.9 Å². The predicted octanol–water partition coefficient (Wildman–Crippen LogP) is 7.66. The van der Waals surface area contributed by atoms with E-state index in [4.69, 9.17) is 20.3 Å². The van der Waals surface area contributed by atoms with E-state index in [1.165, 1.54) is 0 Å². The van der Waals surface area contributed by atoms with Crippen LogP contribution < -0.4 is 25.5 Å². The van der Waals surface area contributed by atoms with Gasteiger partial charge >= 0.3 is 5.97 Å². The van der Waals surface area contributed by atoms with E-state index in [9.17, 15) is 22.4 Å². The quantitative estimate of drug-likeness (QED) is 0.0438. The first-order valence-corrected chi connectivity index (χ1v) is 14.2. The summed E-state index contributed by atoms with van der Waals surface area (Å²) in [7, 11) is 1.57. The van der Waals surface area contributed by atoms with Crippen LogP contribution >= 0.6 is 0 Å². The molecule has 0 aromatic heterocycles. The van der Waals surface area contributed by atoms with Crippen molar-refractivity contribution in [3.63, 3.8) is 0 Å². The molecule has 2 aliphatic rings. The SMILES string of the molecule is CCN(CCCC(=O)Oc1c(F)c(F)c(C)c(F)c1F)c1cc(OC)c(-c2c3ccc(=N)cc-3oc3cc(N)ccc23)cc1C. The second kappa shape index (κ2) is 12.5. The van der Waals surface area contributed by atoms with Crippen LogP contribution in [0, 0.1) is 42.5 Å². The van der Waals surface area contributed by atoms with Gasteiger partial charge < -0.3 is 29.9 Å². The monoisotopic (exact) mass is 621 g/mol. The molecule has 0 saturated heterocycles. The van der Waals surface area contributed by atoms with Crippen LogP contribution in [0.15, 0.2) is 52.9 Å². The second-order valence-corrected chi connectivity index (χ2v) is 10.6. The highest BCUT2D eigenvalue weighted by Crippen LogP contribution is 2.45.